The monoisotopic (exact) mass is 202 g/mol. The number of aliphatic imine (C=N–C) groups is 1. The first-order valence-corrected chi connectivity index (χ1v) is 4.99. The molecule has 0 aromatic heterocycles. The first-order valence-electron chi connectivity index (χ1n) is 4.99. The van der Waals surface area contributed by atoms with Crippen molar-refractivity contribution in [3.05, 3.63) is 0 Å². The van der Waals surface area contributed by atoms with Gasteiger partial charge in [0.1, 0.15) is 13.0 Å². The number of nitrogens with zero attached hydrogens (tertiary/aromatic N) is 2. The summed E-state index contributed by atoms with van der Waals surface area (Å²) < 4.78 is 10.8. The summed E-state index contributed by atoms with van der Waals surface area (Å²) in [5.41, 5.74) is 0. The molecule has 84 valence electrons. The Hall–Kier alpha value is -0.610. The van der Waals surface area contributed by atoms with Gasteiger partial charge >= 0.3 is 0 Å². The summed E-state index contributed by atoms with van der Waals surface area (Å²) in [7, 11) is 3.68. The van der Waals surface area contributed by atoms with Crippen molar-refractivity contribution in [2.75, 3.05) is 20.9 Å². The molecule has 0 aromatic rings. The zero-order valence-electron chi connectivity index (χ0n) is 9.86. The maximum atomic E-state index is 5.53. The van der Waals surface area contributed by atoms with Crippen LogP contribution < -0.4 is 0 Å². The quantitative estimate of drug-likeness (QED) is 0.358. The minimum absolute atomic E-state index is 0.0393. The molecule has 1 unspecified atom stereocenters. The topological polar surface area (TPSA) is 34.1 Å². The van der Waals surface area contributed by atoms with Gasteiger partial charge in [0.2, 0.25) is 0 Å². The summed E-state index contributed by atoms with van der Waals surface area (Å²) in [6, 6.07) is 0. The van der Waals surface area contributed by atoms with Crippen LogP contribution in [0.15, 0.2) is 4.99 Å². The Morgan fingerprint density at radius 1 is 1.36 bits per heavy atom. The third-order valence-electron chi connectivity index (χ3n) is 1.76. The molecule has 0 rings (SSSR count). The van der Waals surface area contributed by atoms with Gasteiger partial charge in [-0.1, -0.05) is 6.92 Å². The summed E-state index contributed by atoms with van der Waals surface area (Å²) in [5, 5.41) is 0. The van der Waals surface area contributed by atoms with Crippen LogP contribution in [0, 0.1) is 0 Å². The minimum Gasteiger partial charge on any atom is -0.353 e. The molecule has 0 aromatic carbocycles. The van der Waals surface area contributed by atoms with Crippen LogP contribution in [-0.4, -0.2) is 44.5 Å². The molecule has 0 radical (unpaired) electrons. The van der Waals surface area contributed by atoms with Crippen molar-refractivity contribution in [2.45, 2.75) is 39.5 Å². The molecule has 0 N–H and O–H groups in total. The summed E-state index contributed by atoms with van der Waals surface area (Å²) in [5.74, 6) is 0. The van der Waals surface area contributed by atoms with Crippen LogP contribution in [0.4, 0.5) is 0 Å². The van der Waals surface area contributed by atoms with E-state index in [9.17, 15) is 0 Å². The van der Waals surface area contributed by atoms with Gasteiger partial charge in [0.05, 0.1) is 12.4 Å². The van der Waals surface area contributed by atoms with E-state index in [0.29, 0.717) is 6.79 Å². The van der Waals surface area contributed by atoms with Crippen molar-refractivity contribution >= 4 is 6.34 Å². The van der Waals surface area contributed by atoms with Crippen molar-refractivity contribution in [1.29, 1.82) is 0 Å². The van der Waals surface area contributed by atoms with Gasteiger partial charge in [-0.3, -0.25) is 4.99 Å². The molecule has 0 aliphatic rings. The van der Waals surface area contributed by atoms with E-state index in [-0.39, 0.29) is 12.3 Å². The molecule has 4 nitrogen and oxygen atoms in total. The molecule has 0 heterocycles. The zero-order valence-corrected chi connectivity index (χ0v) is 9.86. The first-order chi connectivity index (χ1) is 6.61. The third kappa shape index (κ3) is 5.94. The Morgan fingerprint density at radius 3 is 2.43 bits per heavy atom. The molecule has 0 saturated heterocycles. The lowest BCUT2D eigenvalue weighted by atomic mass is 10.4. The zero-order chi connectivity index (χ0) is 11.0. The molecule has 1 atom stereocenters. The highest BCUT2D eigenvalue weighted by atomic mass is 16.7. The Labute approximate surface area is 86.9 Å². The fraction of sp³-hybridized carbons (Fsp3) is 0.900. The molecule has 0 fully saturated rings. The third-order valence-corrected chi connectivity index (χ3v) is 1.76. The molecule has 0 saturated carbocycles. The summed E-state index contributed by atoms with van der Waals surface area (Å²) >= 11 is 0. The van der Waals surface area contributed by atoms with E-state index in [1.807, 2.05) is 25.8 Å². The highest BCUT2D eigenvalue weighted by Gasteiger charge is 2.09. The molecule has 4 heteroatoms. The van der Waals surface area contributed by atoms with Gasteiger partial charge in [-0.2, -0.15) is 0 Å². The van der Waals surface area contributed by atoms with E-state index in [0.717, 1.165) is 6.42 Å². The van der Waals surface area contributed by atoms with Crippen molar-refractivity contribution < 1.29 is 9.47 Å². The number of hydrogen-bond acceptors (Lipinski definition) is 3. The molecule has 0 aliphatic carbocycles. The Morgan fingerprint density at radius 2 is 2.00 bits per heavy atom. The van der Waals surface area contributed by atoms with Crippen molar-refractivity contribution in [2.24, 2.45) is 4.99 Å². The Balaban J connectivity index is 3.78. The largest absolute Gasteiger partial charge is 0.353 e. The normalized spacial score (nSPS) is 13.9. The number of rotatable bonds is 7. The minimum atomic E-state index is 0.0393. The van der Waals surface area contributed by atoms with E-state index in [1.54, 1.807) is 13.4 Å². The maximum absolute atomic E-state index is 5.53. The molecule has 0 aliphatic heterocycles. The Kier molecular flexibility index (Phi) is 7.42. The fourth-order valence-electron chi connectivity index (χ4n) is 1.03. The van der Waals surface area contributed by atoms with Crippen molar-refractivity contribution in [1.82, 2.24) is 4.90 Å². The smallest absolute Gasteiger partial charge is 0.149 e. The maximum Gasteiger partial charge on any atom is 0.149 e. The van der Waals surface area contributed by atoms with E-state index < -0.39 is 0 Å². The van der Waals surface area contributed by atoms with Gasteiger partial charge in [0.25, 0.3) is 0 Å². The van der Waals surface area contributed by atoms with Crippen LogP contribution in [0.25, 0.3) is 0 Å². The van der Waals surface area contributed by atoms with Gasteiger partial charge in [0.15, 0.2) is 0 Å². The van der Waals surface area contributed by atoms with Crippen LogP contribution in [-0.2, 0) is 9.47 Å². The van der Waals surface area contributed by atoms with Crippen LogP contribution in [0.1, 0.15) is 27.2 Å². The van der Waals surface area contributed by atoms with Crippen LogP contribution in [0.3, 0.4) is 0 Å². The molecule has 14 heavy (non-hydrogen) atoms. The molecule has 0 amide bonds. The summed E-state index contributed by atoms with van der Waals surface area (Å²) in [6.45, 7) is 6.38. The lowest BCUT2D eigenvalue weighted by Crippen LogP contribution is -2.33. The van der Waals surface area contributed by atoms with E-state index in [2.05, 4.69) is 11.9 Å². The van der Waals surface area contributed by atoms with Gasteiger partial charge in [-0.05, 0) is 20.3 Å². The number of ether oxygens (including phenoxy) is 2. The van der Waals surface area contributed by atoms with Crippen molar-refractivity contribution in [3.8, 4) is 0 Å². The second-order valence-corrected chi connectivity index (χ2v) is 3.40. The fourth-order valence-corrected chi connectivity index (χ4v) is 1.03. The van der Waals surface area contributed by atoms with Gasteiger partial charge in [-0.15, -0.1) is 0 Å². The van der Waals surface area contributed by atoms with E-state index in [4.69, 9.17) is 9.47 Å². The number of hydrogen-bond donors (Lipinski definition) is 0. The predicted molar refractivity (Wildman–Crippen MR) is 58.4 cm³/mol. The van der Waals surface area contributed by atoms with Gasteiger partial charge < -0.3 is 14.4 Å². The van der Waals surface area contributed by atoms with Crippen LogP contribution in [0.5, 0.6) is 0 Å². The van der Waals surface area contributed by atoms with Crippen molar-refractivity contribution in [3.63, 3.8) is 0 Å². The van der Waals surface area contributed by atoms with E-state index >= 15 is 0 Å². The highest BCUT2D eigenvalue weighted by Crippen LogP contribution is 2.02. The standard InChI is InChI=1S/C10H22N2O2/c1-6-10(12(5)7-11-4)14-8-13-9(2)3/h7,9-10H,6,8H2,1-5H3. The van der Waals surface area contributed by atoms with Crippen LogP contribution >= 0.6 is 0 Å². The van der Waals surface area contributed by atoms with E-state index in [1.165, 1.54) is 0 Å². The summed E-state index contributed by atoms with van der Waals surface area (Å²) in [4.78, 5) is 5.86. The average Bonchev–Trinajstić information content (AvgIpc) is 2.12. The summed E-state index contributed by atoms with van der Waals surface area (Å²) in [6.07, 6.45) is 2.91. The van der Waals surface area contributed by atoms with Gasteiger partial charge in [-0.25, -0.2) is 0 Å². The van der Waals surface area contributed by atoms with Crippen LogP contribution in [0.2, 0.25) is 0 Å². The molecular formula is C10H22N2O2. The predicted octanol–water partition coefficient (Wildman–Crippen LogP) is 1.71. The average molecular weight is 202 g/mol. The Bertz CT molecular complexity index is 160. The SMILES string of the molecule is CCC(OCOC(C)C)N(C)C=NC. The second kappa shape index (κ2) is 7.76. The molecule has 0 spiro atoms. The second-order valence-electron chi connectivity index (χ2n) is 3.40. The lowest BCUT2D eigenvalue weighted by Gasteiger charge is -2.25. The molecule has 0 bridgehead atoms. The highest BCUT2D eigenvalue weighted by molar-refractivity contribution is 5.54. The lowest BCUT2D eigenvalue weighted by molar-refractivity contribution is -0.136. The first kappa shape index (κ1) is 13.4. The molecular weight excluding hydrogens is 180 g/mol. The van der Waals surface area contributed by atoms with Gasteiger partial charge in [0, 0.05) is 14.1 Å².